The second kappa shape index (κ2) is 11.0. The van der Waals surface area contributed by atoms with Gasteiger partial charge in [-0.1, -0.05) is 35.9 Å². The van der Waals surface area contributed by atoms with Crippen LogP contribution in [0.2, 0.25) is 0 Å². The Labute approximate surface area is 208 Å². The predicted octanol–water partition coefficient (Wildman–Crippen LogP) is 5.10. The third-order valence-corrected chi connectivity index (χ3v) is 6.52. The minimum Gasteiger partial charge on any atom is -0.491 e. The average Bonchev–Trinajstić information content (AvgIpc) is 2.80. The van der Waals surface area contributed by atoms with Crippen molar-refractivity contribution >= 4 is 21.6 Å². The van der Waals surface area contributed by atoms with Crippen LogP contribution in [0.1, 0.15) is 32.6 Å². The highest BCUT2D eigenvalue weighted by atomic mass is 32.2. The Morgan fingerprint density at radius 2 is 1.69 bits per heavy atom. The van der Waals surface area contributed by atoms with Crippen molar-refractivity contribution in [2.75, 3.05) is 23.7 Å². The zero-order chi connectivity index (χ0) is 26.5. The Balaban J connectivity index is 1.62. The lowest BCUT2D eigenvalue weighted by atomic mass is 10.1. The molecular formula is C26H27F3N2O4S. The van der Waals surface area contributed by atoms with E-state index in [4.69, 9.17) is 4.74 Å². The minimum atomic E-state index is -4.60. The molecule has 0 aliphatic heterocycles. The molecule has 1 amide bonds. The van der Waals surface area contributed by atoms with Crippen LogP contribution in [0.25, 0.3) is 0 Å². The summed E-state index contributed by atoms with van der Waals surface area (Å²) in [5, 5.41) is 2.75. The van der Waals surface area contributed by atoms with E-state index in [2.05, 4.69) is 5.32 Å². The summed E-state index contributed by atoms with van der Waals surface area (Å²) in [5.74, 6) is 0.416. The van der Waals surface area contributed by atoms with Gasteiger partial charge in [0.15, 0.2) is 0 Å². The number of anilines is 1. The molecule has 0 fully saturated rings. The molecule has 0 atom stereocenters. The number of hydrogen-bond acceptors (Lipinski definition) is 4. The molecule has 3 aromatic carbocycles. The largest absolute Gasteiger partial charge is 0.491 e. The highest BCUT2D eigenvalue weighted by Gasteiger charge is 2.31. The summed E-state index contributed by atoms with van der Waals surface area (Å²) in [5.41, 5.74) is 1.96. The van der Waals surface area contributed by atoms with E-state index in [-0.39, 0.29) is 31.3 Å². The molecule has 0 saturated heterocycles. The zero-order valence-corrected chi connectivity index (χ0v) is 20.9. The maximum Gasteiger partial charge on any atom is 0.416 e. The number of halogens is 3. The Morgan fingerprint density at radius 3 is 2.31 bits per heavy atom. The number of sulfonamides is 1. The molecule has 0 aliphatic rings. The lowest BCUT2D eigenvalue weighted by Gasteiger charge is -2.23. The fourth-order valence-corrected chi connectivity index (χ4v) is 4.43. The second-order valence-corrected chi connectivity index (χ2v) is 10.3. The van der Waals surface area contributed by atoms with E-state index in [9.17, 15) is 26.4 Å². The normalized spacial score (nSPS) is 11.7. The van der Waals surface area contributed by atoms with Gasteiger partial charge < -0.3 is 10.1 Å². The van der Waals surface area contributed by atoms with Gasteiger partial charge in [-0.15, -0.1) is 0 Å². The van der Waals surface area contributed by atoms with Crippen molar-refractivity contribution < 1.29 is 31.1 Å². The number of carbonyl (C=O) groups excluding carboxylic acids is 1. The summed E-state index contributed by atoms with van der Waals surface area (Å²) in [6.45, 7) is 4.32. The molecule has 0 aromatic heterocycles. The number of benzene rings is 3. The van der Waals surface area contributed by atoms with Gasteiger partial charge in [-0.2, -0.15) is 13.2 Å². The van der Waals surface area contributed by atoms with E-state index in [0.29, 0.717) is 11.1 Å². The highest BCUT2D eigenvalue weighted by molar-refractivity contribution is 7.92. The quantitative estimate of drug-likeness (QED) is 0.399. The Kier molecular flexibility index (Phi) is 8.29. The van der Waals surface area contributed by atoms with Crippen LogP contribution in [0.3, 0.4) is 0 Å². The Hall–Kier alpha value is -3.53. The molecule has 3 rings (SSSR count). The van der Waals surface area contributed by atoms with Crippen LogP contribution >= 0.6 is 0 Å². The van der Waals surface area contributed by atoms with Gasteiger partial charge in [0.2, 0.25) is 10.0 Å². The molecule has 36 heavy (non-hydrogen) atoms. The third-order valence-electron chi connectivity index (χ3n) is 5.38. The molecule has 0 radical (unpaired) electrons. The monoisotopic (exact) mass is 520 g/mol. The van der Waals surface area contributed by atoms with Gasteiger partial charge in [-0.3, -0.25) is 9.10 Å². The topological polar surface area (TPSA) is 75.7 Å². The van der Waals surface area contributed by atoms with E-state index in [1.165, 1.54) is 18.2 Å². The molecule has 1 N–H and O–H groups in total. The third kappa shape index (κ3) is 7.24. The van der Waals surface area contributed by atoms with Crippen molar-refractivity contribution in [3.63, 3.8) is 0 Å². The van der Waals surface area contributed by atoms with Crippen molar-refractivity contribution in [1.29, 1.82) is 0 Å². The zero-order valence-electron chi connectivity index (χ0n) is 20.1. The first-order valence-corrected chi connectivity index (χ1v) is 12.9. The van der Waals surface area contributed by atoms with E-state index in [1.54, 1.807) is 12.1 Å². The van der Waals surface area contributed by atoms with Crippen LogP contribution in [0.5, 0.6) is 5.75 Å². The van der Waals surface area contributed by atoms with Gasteiger partial charge in [0.05, 0.1) is 30.6 Å². The van der Waals surface area contributed by atoms with Crippen molar-refractivity contribution in [3.05, 3.63) is 94.5 Å². The molecule has 0 unspecified atom stereocenters. The van der Waals surface area contributed by atoms with Crippen LogP contribution < -0.4 is 14.4 Å². The summed E-state index contributed by atoms with van der Waals surface area (Å²) in [6, 6.07) is 16.2. The van der Waals surface area contributed by atoms with E-state index in [0.717, 1.165) is 45.6 Å². The van der Waals surface area contributed by atoms with Crippen LogP contribution in [0.4, 0.5) is 18.9 Å². The lowest BCUT2D eigenvalue weighted by molar-refractivity contribution is -0.137. The smallest absolute Gasteiger partial charge is 0.416 e. The number of hydrogen-bond donors (Lipinski definition) is 1. The number of carbonyl (C=O) groups is 1. The fraction of sp³-hybridized carbons (Fsp3) is 0.269. The van der Waals surface area contributed by atoms with E-state index in [1.807, 2.05) is 32.0 Å². The number of amides is 1. The molecule has 192 valence electrons. The molecule has 6 nitrogen and oxygen atoms in total. The number of ether oxygens (including phenoxy) is 1. The summed E-state index contributed by atoms with van der Waals surface area (Å²) in [4.78, 5) is 12.4. The Morgan fingerprint density at radius 1 is 1.00 bits per heavy atom. The molecule has 0 heterocycles. The standard InChI is InChI=1S/C26H27F3N2O4S/c1-18-7-12-24(19(2)15-18)35-14-13-30-25(32)21-10-8-20(9-11-21)17-31(36(3,33)34)23-6-4-5-22(16-23)26(27,28)29/h4-12,15-16H,13-14,17H2,1-3H3,(H,30,32). The molecule has 0 saturated carbocycles. The van der Waals surface area contributed by atoms with Crippen molar-refractivity contribution in [3.8, 4) is 5.75 Å². The molecule has 0 bridgehead atoms. The minimum absolute atomic E-state index is 0.0991. The second-order valence-electron chi connectivity index (χ2n) is 8.39. The lowest BCUT2D eigenvalue weighted by Crippen LogP contribution is -2.30. The number of alkyl halides is 3. The molecule has 0 spiro atoms. The molecular weight excluding hydrogens is 493 g/mol. The summed E-state index contributed by atoms with van der Waals surface area (Å²) in [6.07, 6.45) is -3.67. The van der Waals surface area contributed by atoms with Gasteiger partial charge in [0.1, 0.15) is 12.4 Å². The molecule has 3 aromatic rings. The molecule has 0 aliphatic carbocycles. The van der Waals surface area contributed by atoms with E-state index < -0.39 is 21.8 Å². The predicted molar refractivity (Wildman–Crippen MR) is 133 cm³/mol. The first-order chi connectivity index (χ1) is 16.8. The average molecular weight is 521 g/mol. The summed E-state index contributed by atoms with van der Waals surface area (Å²) >= 11 is 0. The van der Waals surface area contributed by atoms with Gasteiger partial charge in [0, 0.05) is 5.56 Å². The maximum absolute atomic E-state index is 13.1. The number of aryl methyl sites for hydroxylation is 2. The van der Waals surface area contributed by atoms with Crippen LogP contribution in [0, 0.1) is 13.8 Å². The van der Waals surface area contributed by atoms with Crippen LogP contribution in [-0.4, -0.2) is 33.7 Å². The SMILES string of the molecule is Cc1ccc(OCCNC(=O)c2ccc(CN(c3cccc(C(F)(F)F)c3)S(C)(=O)=O)cc2)c(C)c1. The number of rotatable bonds is 9. The first kappa shape index (κ1) is 27.1. The van der Waals surface area contributed by atoms with Crippen molar-refractivity contribution in [2.45, 2.75) is 26.6 Å². The van der Waals surface area contributed by atoms with Gasteiger partial charge in [0.25, 0.3) is 5.91 Å². The van der Waals surface area contributed by atoms with Crippen molar-refractivity contribution in [1.82, 2.24) is 5.32 Å². The summed E-state index contributed by atoms with van der Waals surface area (Å²) in [7, 11) is -3.88. The molecule has 10 heteroatoms. The summed E-state index contributed by atoms with van der Waals surface area (Å²) < 4.78 is 70.5. The maximum atomic E-state index is 13.1. The van der Waals surface area contributed by atoms with Gasteiger partial charge in [-0.05, 0) is 61.4 Å². The number of nitrogens with one attached hydrogen (secondary N) is 1. The van der Waals surface area contributed by atoms with Gasteiger partial charge >= 0.3 is 6.18 Å². The number of nitrogens with zero attached hydrogens (tertiary/aromatic N) is 1. The fourth-order valence-electron chi connectivity index (χ4n) is 3.55. The van der Waals surface area contributed by atoms with Crippen LogP contribution in [0.15, 0.2) is 66.7 Å². The first-order valence-electron chi connectivity index (χ1n) is 11.1. The van der Waals surface area contributed by atoms with Crippen LogP contribution in [-0.2, 0) is 22.7 Å². The Bertz CT molecular complexity index is 1320. The van der Waals surface area contributed by atoms with Crippen molar-refractivity contribution in [2.24, 2.45) is 0 Å². The van der Waals surface area contributed by atoms with E-state index >= 15 is 0 Å². The highest BCUT2D eigenvalue weighted by Crippen LogP contribution is 2.32. The van der Waals surface area contributed by atoms with Gasteiger partial charge in [-0.25, -0.2) is 8.42 Å².